The Hall–Kier alpha value is -2.49. The van der Waals surface area contributed by atoms with Crippen LogP contribution in [0.2, 0.25) is 0 Å². The predicted octanol–water partition coefficient (Wildman–Crippen LogP) is 3.63. The molecule has 4 nitrogen and oxygen atoms in total. The third kappa shape index (κ3) is 3.54. The molecule has 2 aromatic carbocycles. The van der Waals surface area contributed by atoms with Gasteiger partial charge in [-0.2, -0.15) is 0 Å². The van der Waals surface area contributed by atoms with Crippen LogP contribution in [0.25, 0.3) is 11.1 Å². The lowest BCUT2D eigenvalue weighted by Crippen LogP contribution is -2.08. The van der Waals surface area contributed by atoms with Gasteiger partial charge in [0.25, 0.3) is 0 Å². The molecule has 0 aliphatic carbocycles. The molecule has 0 saturated heterocycles. The van der Waals surface area contributed by atoms with Crippen LogP contribution in [0.4, 0.5) is 0 Å². The van der Waals surface area contributed by atoms with Gasteiger partial charge in [0.1, 0.15) is 11.5 Å². The van der Waals surface area contributed by atoms with Gasteiger partial charge in [-0.15, -0.1) is 0 Å². The summed E-state index contributed by atoms with van der Waals surface area (Å²) in [5, 5.41) is 9.39. The molecule has 2 rings (SSSR count). The molecule has 0 atom stereocenters. The summed E-state index contributed by atoms with van der Waals surface area (Å²) in [6.45, 7) is 3.88. The largest absolute Gasteiger partial charge is 0.508 e. The van der Waals surface area contributed by atoms with E-state index in [9.17, 15) is 9.90 Å². The van der Waals surface area contributed by atoms with Gasteiger partial charge in [-0.1, -0.05) is 12.1 Å². The standard InChI is InChI=1S/C17H18O4/c1-11(2)21-16-9-6-13(17(19)20-3)10-15(16)12-4-7-14(18)8-5-12/h4-11,18H,1-3H3. The Morgan fingerprint density at radius 1 is 1.10 bits per heavy atom. The Morgan fingerprint density at radius 3 is 2.33 bits per heavy atom. The zero-order chi connectivity index (χ0) is 15.4. The van der Waals surface area contributed by atoms with Crippen LogP contribution in [-0.2, 0) is 4.74 Å². The van der Waals surface area contributed by atoms with Gasteiger partial charge in [-0.05, 0) is 49.7 Å². The van der Waals surface area contributed by atoms with Crippen LogP contribution in [0.5, 0.6) is 11.5 Å². The molecule has 0 saturated carbocycles. The molecule has 0 bridgehead atoms. The van der Waals surface area contributed by atoms with E-state index < -0.39 is 5.97 Å². The minimum absolute atomic E-state index is 0.0184. The van der Waals surface area contributed by atoms with Crippen LogP contribution in [0.15, 0.2) is 42.5 Å². The van der Waals surface area contributed by atoms with Crippen molar-refractivity contribution < 1.29 is 19.4 Å². The number of methoxy groups -OCH3 is 1. The first kappa shape index (κ1) is 14.9. The fraction of sp³-hybridized carbons (Fsp3) is 0.235. The van der Waals surface area contributed by atoms with Gasteiger partial charge >= 0.3 is 5.97 Å². The van der Waals surface area contributed by atoms with Crippen molar-refractivity contribution in [2.75, 3.05) is 7.11 Å². The van der Waals surface area contributed by atoms with E-state index in [1.54, 1.807) is 42.5 Å². The average molecular weight is 286 g/mol. The van der Waals surface area contributed by atoms with Crippen molar-refractivity contribution in [3.63, 3.8) is 0 Å². The molecule has 0 amide bonds. The Bertz CT molecular complexity index is 630. The molecule has 0 aliphatic rings. The third-order valence-electron chi connectivity index (χ3n) is 2.94. The minimum atomic E-state index is -0.397. The van der Waals surface area contributed by atoms with E-state index in [1.165, 1.54) is 7.11 Å². The summed E-state index contributed by atoms with van der Waals surface area (Å²) in [7, 11) is 1.35. The molecular formula is C17H18O4. The number of carbonyl (C=O) groups is 1. The normalized spacial score (nSPS) is 10.5. The van der Waals surface area contributed by atoms with Gasteiger partial charge in [0.2, 0.25) is 0 Å². The highest BCUT2D eigenvalue weighted by Crippen LogP contribution is 2.33. The Morgan fingerprint density at radius 2 is 1.76 bits per heavy atom. The van der Waals surface area contributed by atoms with Crippen molar-refractivity contribution in [1.82, 2.24) is 0 Å². The molecule has 0 heterocycles. The second-order valence-electron chi connectivity index (χ2n) is 4.92. The highest BCUT2D eigenvalue weighted by molar-refractivity contribution is 5.92. The molecule has 0 radical (unpaired) electrons. The van der Waals surface area contributed by atoms with Crippen LogP contribution in [0.3, 0.4) is 0 Å². The van der Waals surface area contributed by atoms with E-state index in [-0.39, 0.29) is 11.9 Å². The van der Waals surface area contributed by atoms with Crippen molar-refractivity contribution in [2.45, 2.75) is 20.0 Å². The van der Waals surface area contributed by atoms with Crippen molar-refractivity contribution in [3.8, 4) is 22.6 Å². The first-order chi connectivity index (χ1) is 10.0. The summed E-state index contributed by atoms with van der Waals surface area (Å²) in [6, 6.07) is 11.9. The first-order valence-electron chi connectivity index (χ1n) is 6.69. The summed E-state index contributed by atoms with van der Waals surface area (Å²) in [5.74, 6) is 0.476. The van der Waals surface area contributed by atoms with E-state index in [0.717, 1.165) is 11.1 Å². The Kier molecular flexibility index (Phi) is 4.48. The molecule has 4 heteroatoms. The number of benzene rings is 2. The zero-order valence-electron chi connectivity index (χ0n) is 12.3. The quantitative estimate of drug-likeness (QED) is 0.872. The lowest BCUT2D eigenvalue weighted by atomic mass is 10.0. The summed E-state index contributed by atoms with van der Waals surface area (Å²) < 4.78 is 10.5. The number of ether oxygens (including phenoxy) is 2. The summed E-state index contributed by atoms with van der Waals surface area (Å²) in [6.07, 6.45) is 0.0184. The minimum Gasteiger partial charge on any atom is -0.508 e. The van der Waals surface area contributed by atoms with E-state index in [0.29, 0.717) is 11.3 Å². The van der Waals surface area contributed by atoms with Crippen molar-refractivity contribution in [3.05, 3.63) is 48.0 Å². The van der Waals surface area contributed by atoms with Crippen molar-refractivity contribution in [1.29, 1.82) is 0 Å². The van der Waals surface area contributed by atoms with Gasteiger partial charge in [0, 0.05) is 5.56 Å². The molecule has 1 N–H and O–H groups in total. The van der Waals surface area contributed by atoms with Crippen LogP contribution >= 0.6 is 0 Å². The van der Waals surface area contributed by atoms with Crippen molar-refractivity contribution in [2.24, 2.45) is 0 Å². The fourth-order valence-corrected chi connectivity index (χ4v) is 2.00. The van der Waals surface area contributed by atoms with Crippen molar-refractivity contribution >= 4 is 5.97 Å². The highest BCUT2D eigenvalue weighted by atomic mass is 16.5. The highest BCUT2D eigenvalue weighted by Gasteiger charge is 2.13. The third-order valence-corrected chi connectivity index (χ3v) is 2.94. The maximum absolute atomic E-state index is 11.7. The van der Waals surface area contributed by atoms with E-state index in [2.05, 4.69) is 0 Å². The van der Waals surface area contributed by atoms with Gasteiger partial charge in [-0.3, -0.25) is 0 Å². The SMILES string of the molecule is COC(=O)c1ccc(OC(C)C)c(-c2ccc(O)cc2)c1. The smallest absolute Gasteiger partial charge is 0.337 e. The average Bonchev–Trinajstić information content (AvgIpc) is 2.47. The van der Waals surface area contributed by atoms with Gasteiger partial charge in [0.05, 0.1) is 18.8 Å². The monoisotopic (exact) mass is 286 g/mol. The molecule has 0 aromatic heterocycles. The number of rotatable bonds is 4. The van der Waals surface area contributed by atoms with Gasteiger partial charge < -0.3 is 14.6 Å². The van der Waals surface area contributed by atoms with Crippen LogP contribution in [0.1, 0.15) is 24.2 Å². The van der Waals surface area contributed by atoms with E-state index in [4.69, 9.17) is 9.47 Å². The lowest BCUT2D eigenvalue weighted by Gasteiger charge is -2.15. The second-order valence-corrected chi connectivity index (χ2v) is 4.92. The molecule has 0 fully saturated rings. The van der Waals surface area contributed by atoms with Crippen LogP contribution in [0, 0.1) is 0 Å². The number of carbonyl (C=O) groups excluding carboxylic acids is 1. The number of phenols is 1. The first-order valence-corrected chi connectivity index (χ1v) is 6.69. The number of hydrogen-bond acceptors (Lipinski definition) is 4. The molecule has 0 unspecified atom stereocenters. The maximum atomic E-state index is 11.7. The van der Waals surface area contributed by atoms with Gasteiger partial charge in [0.15, 0.2) is 0 Å². The number of phenolic OH excluding ortho intramolecular Hbond substituents is 1. The number of hydrogen-bond donors (Lipinski definition) is 1. The molecule has 110 valence electrons. The summed E-state index contributed by atoms with van der Waals surface area (Å²) in [4.78, 5) is 11.7. The van der Waals surface area contributed by atoms with E-state index >= 15 is 0 Å². The predicted molar refractivity (Wildman–Crippen MR) is 80.6 cm³/mol. The molecule has 0 aliphatic heterocycles. The molecular weight excluding hydrogens is 268 g/mol. The van der Waals surface area contributed by atoms with Gasteiger partial charge in [-0.25, -0.2) is 4.79 Å². The molecule has 21 heavy (non-hydrogen) atoms. The topological polar surface area (TPSA) is 55.8 Å². The lowest BCUT2D eigenvalue weighted by molar-refractivity contribution is 0.0600. The van der Waals surface area contributed by atoms with Crippen LogP contribution < -0.4 is 4.74 Å². The fourth-order valence-electron chi connectivity index (χ4n) is 2.00. The molecule has 0 spiro atoms. The molecule has 2 aromatic rings. The Balaban J connectivity index is 2.52. The summed E-state index contributed by atoms with van der Waals surface area (Å²) >= 11 is 0. The number of aromatic hydroxyl groups is 1. The van der Waals surface area contributed by atoms with Crippen LogP contribution in [-0.4, -0.2) is 24.3 Å². The second kappa shape index (κ2) is 6.31. The zero-order valence-corrected chi connectivity index (χ0v) is 12.3. The van der Waals surface area contributed by atoms with E-state index in [1.807, 2.05) is 13.8 Å². The Labute approximate surface area is 123 Å². The summed E-state index contributed by atoms with van der Waals surface area (Å²) in [5.41, 5.74) is 2.09. The maximum Gasteiger partial charge on any atom is 0.337 e. The number of esters is 1.